The number of benzene rings is 1. The van der Waals surface area contributed by atoms with Crippen LogP contribution < -0.4 is 0 Å². The van der Waals surface area contributed by atoms with Crippen molar-refractivity contribution in [2.45, 2.75) is 31.7 Å². The highest BCUT2D eigenvalue weighted by atomic mass is 35.5. The molecule has 2 heterocycles. The minimum Gasteiger partial charge on any atom is -0.323 e. The van der Waals surface area contributed by atoms with Crippen molar-refractivity contribution < 1.29 is 4.39 Å². The molecule has 1 fully saturated rings. The van der Waals surface area contributed by atoms with E-state index in [-0.39, 0.29) is 11.2 Å². The number of hydrogen-bond donors (Lipinski definition) is 0. The number of nitrogens with zero attached hydrogens (tertiary/aromatic N) is 3. The van der Waals surface area contributed by atoms with Crippen molar-refractivity contribution in [3.63, 3.8) is 0 Å². The van der Waals surface area contributed by atoms with Crippen molar-refractivity contribution >= 4 is 22.6 Å². The van der Waals surface area contributed by atoms with E-state index in [1.807, 2.05) is 13.0 Å². The summed E-state index contributed by atoms with van der Waals surface area (Å²) < 4.78 is 16.2. The lowest BCUT2D eigenvalue weighted by atomic mass is 9.93. The molecule has 3 nitrogen and oxygen atoms in total. The SMILES string of the molecule is CC(Cl)c1nc2c(F)cccc2n1C1CCN(C)CC1C. The lowest BCUT2D eigenvalue weighted by Crippen LogP contribution is -2.38. The molecule has 1 aliphatic rings. The summed E-state index contributed by atoms with van der Waals surface area (Å²) in [5.41, 5.74) is 1.30. The second-order valence-electron chi connectivity index (χ2n) is 6.16. The minimum absolute atomic E-state index is 0.233. The van der Waals surface area contributed by atoms with Crippen LogP contribution in [-0.4, -0.2) is 34.6 Å². The van der Waals surface area contributed by atoms with E-state index in [9.17, 15) is 4.39 Å². The van der Waals surface area contributed by atoms with Gasteiger partial charge in [-0.2, -0.15) is 0 Å². The van der Waals surface area contributed by atoms with Crippen LogP contribution in [0.3, 0.4) is 0 Å². The molecule has 3 rings (SSSR count). The van der Waals surface area contributed by atoms with Gasteiger partial charge in [-0.05, 0) is 45.0 Å². The van der Waals surface area contributed by atoms with Gasteiger partial charge in [0.1, 0.15) is 11.3 Å². The van der Waals surface area contributed by atoms with Gasteiger partial charge in [-0.1, -0.05) is 13.0 Å². The molecule has 2 aromatic rings. The van der Waals surface area contributed by atoms with Gasteiger partial charge < -0.3 is 9.47 Å². The second kappa shape index (κ2) is 5.58. The summed E-state index contributed by atoms with van der Waals surface area (Å²) in [7, 11) is 2.14. The number of fused-ring (bicyclic) bond motifs is 1. The van der Waals surface area contributed by atoms with E-state index in [1.54, 1.807) is 6.07 Å². The van der Waals surface area contributed by atoms with E-state index in [1.165, 1.54) is 6.07 Å². The standard InChI is InChI=1S/C16H21ClFN3/c1-10-9-20(3)8-7-13(10)21-14-6-4-5-12(18)15(14)19-16(21)11(2)17/h4-6,10-11,13H,7-9H2,1-3H3. The highest BCUT2D eigenvalue weighted by Gasteiger charge is 2.30. The average Bonchev–Trinajstić information content (AvgIpc) is 2.80. The summed E-state index contributed by atoms with van der Waals surface area (Å²) in [6.07, 6.45) is 1.04. The molecule has 0 spiro atoms. The van der Waals surface area contributed by atoms with E-state index in [4.69, 9.17) is 11.6 Å². The smallest absolute Gasteiger partial charge is 0.151 e. The summed E-state index contributed by atoms with van der Waals surface area (Å²) in [4.78, 5) is 6.82. The first-order chi connectivity index (χ1) is 9.99. The van der Waals surface area contributed by atoms with Gasteiger partial charge in [0.05, 0.1) is 10.9 Å². The lowest BCUT2D eigenvalue weighted by Gasteiger charge is -2.36. The number of alkyl halides is 1. The number of imidazole rings is 1. The Bertz CT molecular complexity index is 652. The molecule has 0 amide bonds. The van der Waals surface area contributed by atoms with Crippen LogP contribution in [0, 0.1) is 11.7 Å². The number of likely N-dealkylation sites (tertiary alicyclic amines) is 1. The van der Waals surface area contributed by atoms with Crippen LogP contribution in [0.2, 0.25) is 0 Å². The van der Waals surface area contributed by atoms with Crippen LogP contribution >= 0.6 is 11.6 Å². The summed E-state index contributed by atoms with van der Waals surface area (Å²) in [6, 6.07) is 5.47. The Balaban J connectivity index is 2.16. The van der Waals surface area contributed by atoms with Crippen molar-refractivity contribution in [1.29, 1.82) is 0 Å². The number of piperidine rings is 1. The Hall–Kier alpha value is -1.13. The van der Waals surface area contributed by atoms with Crippen LogP contribution in [0.1, 0.15) is 37.5 Å². The molecule has 0 N–H and O–H groups in total. The maximum atomic E-state index is 14.0. The molecule has 114 valence electrons. The maximum Gasteiger partial charge on any atom is 0.151 e. The van der Waals surface area contributed by atoms with Gasteiger partial charge >= 0.3 is 0 Å². The number of rotatable bonds is 2. The van der Waals surface area contributed by atoms with E-state index >= 15 is 0 Å². The van der Waals surface area contributed by atoms with Crippen molar-refractivity contribution in [3.8, 4) is 0 Å². The maximum absolute atomic E-state index is 14.0. The molecule has 0 saturated carbocycles. The molecule has 3 atom stereocenters. The summed E-state index contributed by atoms with van der Waals surface area (Å²) in [6.45, 7) is 6.22. The molecule has 1 aromatic carbocycles. The van der Waals surface area contributed by atoms with Gasteiger partial charge in [0.2, 0.25) is 0 Å². The third kappa shape index (κ3) is 2.55. The van der Waals surface area contributed by atoms with Gasteiger partial charge in [0.15, 0.2) is 5.82 Å². The first-order valence-corrected chi connectivity index (χ1v) is 7.91. The molecule has 0 aliphatic carbocycles. The lowest BCUT2D eigenvalue weighted by molar-refractivity contribution is 0.159. The molecule has 1 aliphatic heterocycles. The van der Waals surface area contributed by atoms with Crippen LogP contribution in [0.15, 0.2) is 18.2 Å². The molecule has 1 saturated heterocycles. The Morgan fingerprint density at radius 2 is 2.19 bits per heavy atom. The summed E-state index contributed by atoms with van der Waals surface area (Å²) in [5.74, 6) is 0.988. The quantitative estimate of drug-likeness (QED) is 0.782. The first kappa shape index (κ1) is 14.8. The second-order valence-corrected chi connectivity index (χ2v) is 6.81. The fraction of sp³-hybridized carbons (Fsp3) is 0.562. The van der Waals surface area contributed by atoms with Crippen molar-refractivity contribution in [2.75, 3.05) is 20.1 Å². The van der Waals surface area contributed by atoms with E-state index < -0.39 is 0 Å². The zero-order valence-electron chi connectivity index (χ0n) is 12.7. The van der Waals surface area contributed by atoms with E-state index in [2.05, 4.69) is 28.4 Å². The predicted octanol–water partition coefficient (Wildman–Crippen LogP) is 3.99. The number of hydrogen-bond acceptors (Lipinski definition) is 2. The van der Waals surface area contributed by atoms with Gasteiger partial charge in [0, 0.05) is 12.6 Å². The molecule has 0 radical (unpaired) electrons. The molecule has 21 heavy (non-hydrogen) atoms. The van der Waals surface area contributed by atoms with Crippen molar-refractivity contribution in [3.05, 3.63) is 29.8 Å². The topological polar surface area (TPSA) is 21.1 Å². The Labute approximate surface area is 129 Å². The van der Waals surface area contributed by atoms with Crippen molar-refractivity contribution in [1.82, 2.24) is 14.5 Å². The van der Waals surface area contributed by atoms with E-state index in [0.717, 1.165) is 30.9 Å². The molecule has 0 bridgehead atoms. The van der Waals surface area contributed by atoms with Crippen LogP contribution in [-0.2, 0) is 0 Å². The normalized spacial score (nSPS) is 25.4. The fourth-order valence-electron chi connectivity index (χ4n) is 3.46. The van der Waals surface area contributed by atoms with Gasteiger partial charge in [-0.25, -0.2) is 9.37 Å². The Kier molecular flexibility index (Phi) is 3.93. The summed E-state index contributed by atoms with van der Waals surface area (Å²) >= 11 is 6.31. The molecule has 3 unspecified atom stereocenters. The third-order valence-electron chi connectivity index (χ3n) is 4.45. The third-order valence-corrected chi connectivity index (χ3v) is 4.64. The minimum atomic E-state index is -0.273. The van der Waals surface area contributed by atoms with Gasteiger partial charge in [0.25, 0.3) is 0 Å². The van der Waals surface area contributed by atoms with E-state index in [0.29, 0.717) is 17.5 Å². The molecule has 1 aromatic heterocycles. The number of para-hydroxylation sites is 1. The van der Waals surface area contributed by atoms with Crippen molar-refractivity contribution in [2.24, 2.45) is 5.92 Å². The fourth-order valence-corrected chi connectivity index (χ4v) is 3.61. The van der Waals surface area contributed by atoms with Gasteiger partial charge in [-0.15, -0.1) is 11.6 Å². The molecule has 5 heteroatoms. The monoisotopic (exact) mass is 309 g/mol. The number of halogens is 2. The number of aromatic nitrogens is 2. The molecular formula is C16H21ClFN3. The summed E-state index contributed by atoms with van der Waals surface area (Å²) in [5, 5.41) is -0.233. The average molecular weight is 310 g/mol. The Morgan fingerprint density at radius 3 is 2.86 bits per heavy atom. The zero-order valence-corrected chi connectivity index (χ0v) is 13.4. The largest absolute Gasteiger partial charge is 0.323 e. The van der Waals surface area contributed by atoms with Crippen LogP contribution in [0.4, 0.5) is 4.39 Å². The van der Waals surface area contributed by atoms with Crippen LogP contribution in [0.25, 0.3) is 11.0 Å². The predicted molar refractivity (Wildman–Crippen MR) is 84.3 cm³/mol. The van der Waals surface area contributed by atoms with Crippen LogP contribution in [0.5, 0.6) is 0 Å². The van der Waals surface area contributed by atoms with Gasteiger partial charge in [-0.3, -0.25) is 0 Å². The first-order valence-electron chi connectivity index (χ1n) is 7.48. The zero-order chi connectivity index (χ0) is 15.1. The highest BCUT2D eigenvalue weighted by molar-refractivity contribution is 6.20. The Morgan fingerprint density at radius 1 is 1.43 bits per heavy atom. The highest BCUT2D eigenvalue weighted by Crippen LogP contribution is 2.35. The molecular weight excluding hydrogens is 289 g/mol.